The highest BCUT2D eigenvalue weighted by molar-refractivity contribution is 7.09. The lowest BCUT2D eigenvalue weighted by atomic mass is 10.2. The predicted octanol–water partition coefficient (Wildman–Crippen LogP) is 5.61. The smallest absolute Gasteiger partial charge is 0.209 e. The molecule has 142 valence electrons. The van der Waals surface area contributed by atoms with E-state index < -0.39 is 0 Å². The normalized spacial score (nSPS) is 11.1. The van der Waals surface area contributed by atoms with E-state index in [1.165, 1.54) is 4.88 Å². The van der Waals surface area contributed by atoms with Crippen molar-refractivity contribution in [1.29, 1.82) is 0 Å². The highest BCUT2D eigenvalue weighted by Crippen LogP contribution is 2.24. The molecule has 2 aromatic heterocycles. The lowest BCUT2D eigenvalue weighted by Crippen LogP contribution is -2.22. The van der Waals surface area contributed by atoms with Crippen molar-refractivity contribution in [3.8, 4) is 17.1 Å². The van der Waals surface area contributed by atoms with Crippen molar-refractivity contribution in [2.24, 2.45) is 0 Å². The number of nitrogens with zero attached hydrogens (tertiary/aromatic N) is 2. The highest BCUT2D eigenvalue weighted by atomic mass is 32.1. The Balaban J connectivity index is 1.55. The zero-order valence-electron chi connectivity index (χ0n) is 15.7. The average Bonchev–Trinajstić information content (AvgIpc) is 3.41. The Bertz CT molecular complexity index is 996. The molecule has 0 atom stereocenters. The zero-order valence-corrected chi connectivity index (χ0v) is 16.6. The van der Waals surface area contributed by atoms with Gasteiger partial charge in [-0.2, -0.15) is 0 Å². The number of para-hydroxylation sites is 1. The number of ether oxygens (including phenoxy) is 1. The van der Waals surface area contributed by atoms with Crippen LogP contribution in [-0.4, -0.2) is 17.0 Å². The summed E-state index contributed by atoms with van der Waals surface area (Å²) < 4.78 is 11.6. The summed E-state index contributed by atoms with van der Waals surface area (Å²) in [5, 5.41) is 2.11. The number of hydrogen-bond donors (Lipinski definition) is 0. The first-order valence-electron chi connectivity index (χ1n) is 9.18. The molecule has 0 saturated heterocycles. The highest BCUT2D eigenvalue weighted by Gasteiger charge is 2.15. The molecule has 0 aliphatic carbocycles. The Morgan fingerprint density at radius 3 is 2.54 bits per heavy atom. The second kappa shape index (κ2) is 8.87. The number of oxazole rings is 1. The van der Waals surface area contributed by atoms with Gasteiger partial charge in [0.05, 0.1) is 19.9 Å². The molecule has 0 spiro atoms. The van der Waals surface area contributed by atoms with Crippen LogP contribution < -0.4 is 4.74 Å². The number of benzene rings is 2. The summed E-state index contributed by atoms with van der Waals surface area (Å²) >= 11 is 1.76. The minimum absolute atomic E-state index is 0.628. The van der Waals surface area contributed by atoms with Gasteiger partial charge < -0.3 is 9.15 Å². The molecule has 0 amide bonds. The lowest BCUT2D eigenvalue weighted by Gasteiger charge is -2.21. The van der Waals surface area contributed by atoms with Crippen LogP contribution in [0.1, 0.15) is 16.3 Å². The van der Waals surface area contributed by atoms with Gasteiger partial charge in [0.2, 0.25) is 5.89 Å². The minimum atomic E-state index is 0.628. The first-order valence-corrected chi connectivity index (χ1v) is 10.1. The largest absolute Gasteiger partial charge is 0.496 e. The van der Waals surface area contributed by atoms with E-state index in [4.69, 9.17) is 9.15 Å². The Kier molecular flexibility index (Phi) is 5.85. The molecule has 5 heteroatoms. The van der Waals surface area contributed by atoms with Gasteiger partial charge in [0, 0.05) is 29.1 Å². The van der Waals surface area contributed by atoms with Crippen molar-refractivity contribution >= 4 is 11.3 Å². The van der Waals surface area contributed by atoms with Gasteiger partial charge in [0.25, 0.3) is 0 Å². The van der Waals surface area contributed by atoms with E-state index in [0.717, 1.165) is 35.7 Å². The fourth-order valence-electron chi connectivity index (χ4n) is 3.18. The lowest BCUT2D eigenvalue weighted by molar-refractivity contribution is 0.222. The van der Waals surface area contributed by atoms with Crippen LogP contribution in [0.3, 0.4) is 0 Å². The van der Waals surface area contributed by atoms with Crippen LogP contribution in [0.4, 0.5) is 0 Å². The molecular weight excluding hydrogens is 368 g/mol. The summed E-state index contributed by atoms with van der Waals surface area (Å²) in [4.78, 5) is 8.14. The van der Waals surface area contributed by atoms with Crippen molar-refractivity contribution in [1.82, 2.24) is 9.88 Å². The summed E-state index contributed by atoms with van der Waals surface area (Å²) in [5.74, 6) is 2.41. The first kappa shape index (κ1) is 18.5. The second-order valence-corrected chi connectivity index (χ2v) is 7.55. The predicted molar refractivity (Wildman–Crippen MR) is 112 cm³/mol. The average molecular weight is 391 g/mol. The minimum Gasteiger partial charge on any atom is -0.496 e. The quantitative estimate of drug-likeness (QED) is 0.392. The van der Waals surface area contributed by atoms with Crippen molar-refractivity contribution in [2.45, 2.75) is 19.6 Å². The van der Waals surface area contributed by atoms with Gasteiger partial charge in [-0.15, -0.1) is 11.3 Å². The second-order valence-electron chi connectivity index (χ2n) is 6.52. The maximum atomic E-state index is 6.03. The molecule has 0 N–H and O–H groups in total. The van der Waals surface area contributed by atoms with Gasteiger partial charge >= 0.3 is 0 Å². The SMILES string of the molecule is COc1ccccc1CN(Cc1ncc(-c2ccccc2)o1)Cc1cccs1. The van der Waals surface area contributed by atoms with Crippen LogP contribution in [0.15, 0.2) is 82.7 Å². The molecular formula is C23H22N2O2S. The summed E-state index contributed by atoms with van der Waals surface area (Å²) in [6.45, 7) is 2.21. The summed E-state index contributed by atoms with van der Waals surface area (Å²) in [6.07, 6.45) is 1.80. The number of thiophene rings is 1. The Labute approximate surface area is 169 Å². The molecule has 0 unspecified atom stereocenters. The van der Waals surface area contributed by atoms with Crippen LogP contribution >= 0.6 is 11.3 Å². The molecule has 0 saturated carbocycles. The van der Waals surface area contributed by atoms with Crippen LogP contribution in [0.2, 0.25) is 0 Å². The first-order chi connectivity index (χ1) is 13.8. The summed E-state index contributed by atoms with van der Waals surface area (Å²) in [7, 11) is 1.71. The standard InChI is InChI=1S/C23H22N2O2S/c1-26-21-12-6-5-10-19(21)15-25(16-20-11-7-13-28-20)17-23-24-14-22(27-23)18-8-3-2-4-9-18/h2-14H,15-17H2,1H3. The van der Waals surface area contributed by atoms with Gasteiger partial charge in [-0.3, -0.25) is 4.90 Å². The van der Waals surface area contributed by atoms with Crippen LogP contribution in [-0.2, 0) is 19.6 Å². The molecule has 0 bridgehead atoms. The van der Waals surface area contributed by atoms with Crippen LogP contribution in [0, 0.1) is 0 Å². The van der Waals surface area contributed by atoms with E-state index >= 15 is 0 Å². The molecule has 2 aromatic carbocycles. The fraction of sp³-hybridized carbons (Fsp3) is 0.174. The van der Waals surface area contributed by atoms with Gasteiger partial charge in [-0.1, -0.05) is 54.6 Å². The van der Waals surface area contributed by atoms with Crippen LogP contribution in [0.25, 0.3) is 11.3 Å². The van der Waals surface area contributed by atoms with Crippen molar-refractivity contribution in [3.63, 3.8) is 0 Å². The van der Waals surface area contributed by atoms with Crippen molar-refractivity contribution in [2.75, 3.05) is 7.11 Å². The van der Waals surface area contributed by atoms with Crippen molar-refractivity contribution in [3.05, 3.63) is 94.6 Å². The third-order valence-electron chi connectivity index (χ3n) is 4.52. The van der Waals surface area contributed by atoms with E-state index in [1.807, 2.05) is 48.5 Å². The van der Waals surface area contributed by atoms with Gasteiger partial charge in [-0.05, 0) is 17.5 Å². The zero-order chi connectivity index (χ0) is 19.2. The molecule has 4 rings (SSSR count). The van der Waals surface area contributed by atoms with E-state index in [-0.39, 0.29) is 0 Å². The maximum Gasteiger partial charge on any atom is 0.209 e. The monoisotopic (exact) mass is 390 g/mol. The van der Waals surface area contributed by atoms with Gasteiger partial charge in [0.1, 0.15) is 5.75 Å². The Hall–Kier alpha value is -2.89. The van der Waals surface area contributed by atoms with E-state index in [1.54, 1.807) is 24.6 Å². The third kappa shape index (κ3) is 4.50. The van der Waals surface area contributed by atoms with Crippen LogP contribution in [0.5, 0.6) is 5.75 Å². The molecule has 0 aliphatic heterocycles. The fourth-order valence-corrected chi connectivity index (χ4v) is 3.92. The van der Waals surface area contributed by atoms with E-state index in [2.05, 4.69) is 33.5 Å². The van der Waals surface area contributed by atoms with Gasteiger partial charge in [0.15, 0.2) is 5.76 Å². The molecule has 2 heterocycles. The Morgan fingerprint density at radius 2 is 1.75 bits per heavy atom. The number of aromatic nitrogens is 1. The molecule has 0 radical (unpaired) electrons. The third-order valence-corrected chi connectivity index (χ3v) is 5.38. The number of rotatable bonds is 8. The van der Waals surface area contributed by atoms with E-state index in [0.29, 0.717) is 12.4 Å². The molecule has 0 fully saturated rings. The van der Waals surface area contributed by atoms with E-state index in [9.17, 15) is 0 Å². The number of methoxy groups -OCH3 is 1. The van der Waals surface area contributed by atoms with Gasteiger partial charge in [-0.25, -0.2) is 4.98 Å². The molecule has 4 nitrogen and oxygen atoms in total. The molecule has 28 heavy (non-hydrogen) atoms. The van der Waals surface area contributed by atoms with Crippen molar-refractivity contribution < 1.29 is 9.15 Å². The number of hydrogen-bond acceptors (Lipinski definition) is 5. The summed E-state index contributed by atoms with van der Waals surface area (Å²) in [5.41, 5.74) is 2.19. The summed E-state index contributed by atoms with van der Waals surface area (Å²) in [6, 6.07) is 22.4. The Morgan fingerprint density at radius 1 is 0.929 bits per heavy atom. The molecule has 4 aromatic rings. The topological polar surface area (TPSA) is 38.5 Å². The maximum absolute atomic E-state index is 6.03. The molecule has 0 aliphatic rings.